The molecule has 1 amide bonds. The molecule has 1 heterocycles. The molecule has 1 aromatic carbocycles. The monoisotopic (exact) mass is 361 g/mol. The Bertz CT molecular complexity index is 803. The highest BCUT2D eigenvalue weighted by Crippen LogP contribution is 2.32. The van der Waals surface area contributed by atoms with Gasteiger partial charge in [0.05, 0.1) is 0 Å². The Morgan fingerprint density at radius 3 is 2.62 bits per heavy atom. The number of anilines is 1. The van der Waals surface area contributed by atoms with E-state index in [4.69, 9.17) is 19.8 Å². The van der Waals surface area contributed by atoms with Crippen LogP contribution in [0.4, 0.5) is 5.69 Å². The Labute approximate surface area is 150 Å². The number of aromatic nitrogens is 1. The first-order valence-corrected chi connectivity index (χ1v) is 8.37. The molecular formula is C18H23N3O5. The summed E-state index contributed by atoms with van der Waals surface area (Å²) in [6, 6.07) is 6.69. The van der Waals surface area contributed by atoms with Gasteiger partial charge in [-0.05, 0) is 56.6 Å². The van der Waals surface area contributed by atoms with Crippen molar-refractivity contribution in [2.24, 2.45) is 0 Å². The minimum absolute atomic E-state index is 0.620. The lowest BCUT2D eigenvalue weighted by atomic mass is 9.90. The number of rotatable bonds is 4. The van der Waals surface area contributed by atoms with Gasteiger partial charge >= 0.3 is 11.9 Å². The summed E-state index contributed by atoms with van der Waals surface area (Å²) in [6.07, 6.45) is 4.14. The Morgan fingerprint density at radius 1 is 1.35 bits per heavy atom. The lowest BCUT2D eigenvalue weighted by molar-refractivity contribution is -0.159. The molecule has 1 unspecified atom stereocenters. The minimum Gasteiger partial charge on any atom is -0.473 e. The van der Waals surface area contributed by atoms with Gasteiger partial charge in [0.1, 0.15) is 0 Å². The summed E-state index contributed by atoms with van der Waals surface area (Å²) in [5, 5.41) is 18.8. The molecule has 0 aliphatic heterocycles. The fourth-order valence-electron chi connectivity index (χ4n) is 3.19. The molecule has 1 aromatic heterocycles. The lowest BCUT2D eigenvalue weighted by Gasteiger charge is -2.30. The van der Waals surface area contributed by atoms with E-state index in [0.717, 1.165) is 31.5 Å². The number of aliphatic carboxylic acids is 2. The Balaban J connectivity index is 0.000000352. The molecule has 2 aromatic rings. The van der Waals surface area contributed by atoms with Crippen LogP contribution in [0.3, 0.4) is 0 Å². The van der Waals surface area contributed by atoms with Crippen molar-refractivity contribution < 1.29 is 24.6 Å². The van der Waals surface area contributed by atoms with Crippen LogP contribution in [0.5, 0.6) is 0 Å². The summed E-state index contributed by atoms with van der Waals surface area (Å²) in [5.41, 5.74) is 4.82. The molecule has 140 valence electrons. The number of carboxylic acid groups (broad SMARTS) is 2. The number of amides is 1. The van der Waals surface area contributed by atoms with Gasteiger partial charge < -0.3 is 25.4 Å². The summed E-state index contributed by atoms with van der Waals surface area (Å²) in [4.78, 5) is 34.7. The summed E-state index contributed by atoms with van der Waals surface area (Å²) < 4.78 is 0. The molecule has 0 saturated heterocycles. The summed E-state index contributed by atoms with van der Waals surface area (Å²) in [5.74, 6) is -3.65. The van der Waals surface area contributed by atoms with Crippen molar-refractivity contribution in [3.05, 3.63) is 29.5 Å². The van der Waals surface area contributed by atoms with Gasteiger partial charge in [0.25, 0.3) is 0 Å². The third-order valence-electron chi connectivity index (χ3n) is 4.69. The molecule has 1 atom stereocenters. The van der Waals surface area contributed by atoms with Gasteiger partial charge in [0.15, 0.2) is 0 Å². The number of carboxylic acids is 2. The van der Waals surface area contributed by atoms with Crippen molar-refractivity contribution in [1.82, 2.24) is 9.88 Å². The molecule has 8 nitrogen and oxygen atoms in total. The van der Waals surface area contributed by atoms with E-state index in [1.54, 1.807) is 0 Å². The Morgan fingerprint density at radius 2 is 2.04 bits per heavy atom. The van der Waals surface area contributed by atoms with E-state index in [-0.39, 0.29) is 0 Å². The number of carbonyl (C=O) groups excluding carboxylic acids is 1. The average molecular weight is 361 g/mol. The molecule has 0 radical (unpaired) electrons. The van der Waals surface area contributed by atoms with E-state index in [9.17, 15) is 4.79 Å². The number of carbonyl (C=O) groups is 3. The van der Waals surface area contributed by atoms with Crippen LogP contribution in [0.2, 0.25) is 0 Å². The van der Waals surface area contributed by atoms with Crippen molar-refractivity contribution >= 4 is 34.9 Å². The van der Waals surface area contributed by atoms with E-state index in [0.29, 0.717) is 6.04 Å². The largest absolute Gasteiger partial charge is 0.473 e. The first kappa shape index (κ1) is 19.5. The second-order valence-electron chi connectivity index (χ2n) is 6.18. The maximum Gasteiger partial charge on any atom is 0.414 e. The number of hydrogen-bond donors (Lipinski definition) is 4. The maximum absolute atomic E-state index is 10.6. The fourth-order valence-corrected chi connectivity index (χ4v) is 3.19. The first-order chi connectivity index (χ1) is 12.4. The molecule has 3 rings (SSSR count). The molecule has 1 aliphatic rings. The fraction of sp³-hybridized carbons (Fsp3) is 0.389. The van der Waals surface area contributed by atoms with Crippen LogP contribution in [-0.4, -0.2) is 58.1 Å². The second-order valence-corrected chi connectivity index (χ2v) is 6.18. The second kappa shape index (κ2) is 8.48. The van der Waals surface area contributed by atoms with Gasteiger partial charge in [-0.2, -0.15) is 0 Å². The standard InChI is InChI=1S/C16H21N3O.C2H2O4/c1-3-19(2)12-5-7-16-14(9-12)13-8-11(17-10-20)4-6-15(13)18-16;3-1(4)2(5)6/h4,6,8,10,12,18H,3,5,7,9H2,1-2H3,(H,17,20);(H,3,4)(H,5,6). The average Bonchev–Trinajstić information content (AvgIpc) is 2.99. The van der Waals surface area contributed by atoms with Crippen LogP contribution < -0.4 is 5.32 Å². The quantitative estimate of drug-likeness (QED) is 0.486. The van der Waals surface area contributed by atoms with E-state index >= 15 is 0 Å². The number of nitrogens with zero attached hydrogens (tertiary/aromatic N) is 1. The van der Waals surface area contributed by atoms with Crippen molar-refractivity contribution in [2.45, 2.75) is 32.2 Å². The third-order valence-corrected chi connectivity index (χ3v) is 4.69. The van der Waals surface area contributed by atoms with Gasteiger partial charge in [-0.15, -0.1) is 0 Å². The van der Waals surface area contributed by atoms with Crippen LogP contribution in [0.15, 0.2) is 18.2 Å². The van der Waals surface area contributed by atoms with Crippen molar-refractivity contribution in [3.8, 4) is 0 Å². The van der Waals surface area contributed by atoms with Crippen LogP contribution in [-0.2, 0) is 27.2 Å². The molecule has 26 heavy (non-hydrogen) atoms. The molecule has 1 aliphatic carbocycles. The zero-order valence-electron chi connectivity index (χ0n) is 14.8. The molecule has 4 N–H and O–H groups in total. The molecule has 0 saturated carbocycles. The first-order valence-electron chi connectivity index (χ1n) is 8.37. The molecule has 0 fully saturated rings. The van der Waals surface area contributed by atoms with Gasteiger partial charge in [-0.3, -0.25) is 4.79 Å². The minimum atomic E-state index is -1.82. The molecular weight excluding hydrogens is 338 g/mol. The number of aryl methyl sites for hydroxylation is 1. The smallest absolute Gasteiger partial charge is 0.414 e. The van der Waals surface area contributed by atoms with Gasteiger partial charge in [-0.25, -0.2) is 9.59 Å². The van der Waals surface area contributed by atoms with Crippen LogP contribution in [0.1, 0.15) is 24.6 Å². The van der Waals surface area contributed by atoms with Gasteiger partial charge in [0.2, 0.25) is 6.41 Å². The SMILES string of the molecule is CCN(C)C1CCc2[nH]c3ccc(NC=O)cc3c2C1.O=C(O)C(=O)O. The van der Waals surface area contributed by atoms with Crippen LogP contribution in [0, 0.1) is 0 Å². The van der Waals surface area contributed by atoms with Crippen LogP contribution >= 0.6 is 0 Å². The molecule has 0 bridgehead atoms. The van der Waals surface area contributed by atoms with E-state index in [2.05, 4.69) is 41.3 Å². The molecule has 8 heteroatoms. The van der Waals surface area contributed by atoms with Crippen LogP contribution in [0.25, 0.3) is 10.9 Å². The van der Waals surface area contributed by atoms with Gasteiger partial charge in [-0.1, -0.05) is 6.92 Å². The normalized spacial score (nSPS) is 15.7. The third kappa shape index (κ3) is 4.40. The molecule has 0 spiro atoms. The lowest BCUT2D eigenvalue weighted by Crippen LogP contribution is -2.36. The maximum atomic E-state index is 10.6. The van der Waals surface area contributed by atoms with Crippen molar-refractivity contribution in [2.75, 3.05) is 18.9 Å². The van der Waals surface area contributed by atoms with E-state index < -0.39 is 11.9 Å². The van der Waals surface area contributed by atoms with E-state index in [1.165, 1.54) is 28.6 Å². The zero-order chi connectivity index (χ0) is 19.3. The highest BCUT2D eigenvalue weighted by atomic mass is 16.4. The summed E-state index contributed by atoms with van der Waals surface area (Å²) >= 11 is 0. The number of aromatic amines is 1. The number of likely N-dealkylation sites (N-methyl/N-ethyl adjacent to an activating group) is 1. The number of nitrogens with one attached hydrogen (secondary N) is 2. The Kier molecular flexibility index (Phi) is 6.35. The predicted molar refractivity (Wildman–Crippen MR) is 97.4 cm³/mol. The highest BCUT2D eigenvalue weighted by molar-refractivity contribution is 6.27. The summed E-state index contributed by atoms with van der Waals surface area (Å²) in [6.45, 7) is 3.29. The Hall–Kier alpha value is -2.87. The van der Waals surface area contributed by atoms with Crippen molar-refractivity contribution in [1.29, 1.82) is 0 Å². The number of hydrogen-bond acceptors (Lipinski definition) is 4. The summed E-state index contributed by atoms with van der Waals surface area (Å²) in [7, 11) is 2.20. The number of H-pyrrole nitrogens is 1. The highest BCUT2D eigenvalue weighted by Gasteiger charge is 2.24. The van der Waals surface area contributed by atoms with Gasteiger partial charge in [0, 0.05) is 28.3 Å². The number of fused-ring (bicyclic) bond motifs is 3. The number of benzene rings is 1. The van der Waals surface area contributed by atoms with E-state index in [1.807, 2.05) is 6.07 Å². The zero-order valence-corrected chi connectivity index (χ0v) is 14.8. The predicted octanol–water partition coefficient (Wildman–Crippen LogP) is 1.70. The van der Waals surface area contributed by atoms with Crippen molar-refractivity contribution in [3.63, 3.8) is 0 Å². The topological polar surface area (TPSA) is 123 Å².